The third-order valence-electron chi connectivity index (χ3n) is 6.73. The zero-order chi connectivity index (χ0) is 20.6. The van der Waals surface area contributed by atoms with Gasteiger partial charge in [-0.3, -0.25) is 14.4 Å². The molecule has 0 atom stereocenters. The molecule has 7 heteroatoms. The molecule has 0 bridgehead atoms. The Morgan fingerprint density at radius 2 is 1.45 bits per heavy atom. The molecule has 0 aromatic heterocycles. The third kappa shape index (κ3) is 6.17. The van der Waals surface area contributed by atoms with Crippen molar-refractivity contribution in [3.05, 3.63) is 0 Å². The second-order valence-corrected chi connectivity index (χ2v) is 8.61. The fourth-order valence-corrected chi connectivity index (χ4v) is 4.96. The summed E-state index contributed by atoms with van der Waals surface area (Å²) in [5.74, 6) is 0.348. The maximum absolute atomic E-state index is 12.7. The van der Waals surface area contributed by atoms with Gasteiger partial charge in [-0.25, -0.2) is 0 Å². The van der Waals surface area contributed by atoms with Crippen molar-refractivity contribution in [3.8, 4) is 0 Å². The van der Waals surface area contributed by atoms with Gasteiger partial charge in [0.1, 0.15) is 0 Å². The molecule has 3 rings (SSSR count). The standard InChI is InChI=1S/C22H37N3O4/c1-2-29-21(27)7-6-20(26)24-16-10-19(11-17-24)23-14-8-18(9-15-23)22(28)25-12-4-3-5-13-25/h18-19H,2-17H2,1H3. The summed E-state index contributed by atoms with van der Waals surface area (Å²) in [5, 5.41) is 0. The topological polar surface area (TPSA) is 70.2 Å². The molecule has 3 aliphatic rings. The Hall–Kier alpha value is -1.63. The Kier molecular flexibility index (Phi) is 8.33. The lowest BCUT2D eigenvalue weighted by Crippen LogP contribution is -2.50. The first-order valence-electron chi connectivity index (χ1n) is 11.5. The van der Waals surface area contributed by atoms with Crippen molar-refractivity contribution in [2.24, 2.45) is 5.92 Å². The van der Waals surface area contributed by atoms with E-state index in [1.807, 2.05) is 4.90 Å². The fraction of sp³-hybridized carbons (Fsp3) is 0.864. The first-order valence-corrected chi connectivity index (χ1v) is 11.5. The molecule has 0 N–H and O–H groups in total. The lowest BCUT2D eigenvalue weighted by Gasteiger charge is -2.42. The molecule has 3 aliphatic heterocycles. The fourth-order valence-electron chi connectivity index (χ4n) is 4.96. The van der Waals surface area contributed by atoms with Gasteiger partial charge in [-0.2, -0.15) is 0 Å². The smallest absolute Gasteiger partial charge is 0.306 e. The molecule has 3 saturated heterocycles. The number of esters is 1. The van der Waals surface area contributed by atoms with Crippen molar-refractivity contribution < 1.29 is 19.1 Å². The van der Waals surface area contributed by atoms with Gasteiger partial charge in [-0.1, -0.05) is 0 Å². The Balaban J connectivity index is 1.36. The molecule has 0 aromatic rings. The van der Waals surface area contributed by atoms with E-state index < -0.39 is 0 Å². The van der Waals surface area contributed by atoms with Crippen LogP contribution in [0.5, 0.6) is 0 Å². The highest BCUT2D eigenvalue weighted by atomic mass is 16.5. The molecule has 3 heterocycles. The van der Waals surface area contributed by atoms with Crippen LogP contribution >= 0.6 is 0 Å². The van der Waals surface area contributed by atoms with Gasteiger partial charge in [0, 0.05) is 44.6 Å². The van der Waals surface area contributed by atoms with Crippen LogP contribution in [0.2, 0.25) is 0 Å². The summed E-state index contributed by atoms with van der Waals surface area (Å²) >= 11 is 0. The zero-order valence-corrected chi connectivity index (χ0v) is 17.9. The molecule has 2 amide bonds. The van der Waals surface area contributed by atoms with Crippen LogP contribution in [0, 0.1) is 5.92 Å². The summed E-state index contributed by atoms with van der Waals surface area (Å²) in [5.41, 5.74) is 0. The van der Waals surface area contributed by atoms with Gasteiger partial charge in [-0.05, 0) is 65.0 Å². The summed E-state index contributed by atoms with van der Waals surface area (Å²) in [6.07, 6.45) is 7.88. The highest BCUT2D eigenvalue weighted by Gasteiger charge is 2.33. The van der Waals surface area contributed by atoms with E-state index in [1.165, 1.54) is 6.42 Å². The van der Waals surface area contributed by atoms with Crippen LogP contribution in [0.4, 0.5) is 0 Å². The van der Waals surface area contributed by atoms with E-state index in [2.05, 4.69) is 9.80 Å². The summed E-state index contributed by atoms with van der Waals surface area (Å²) in [4.78, 5) is 43.0. The van der Waals surface area contributed by atoms with E-state index in [4.69, 9.17) is 4.74 Å². The Labute approximate surface area is 174 Å². The van der Waals surface area contributed by atoms with Crippen molar-refractivity contribution >= 4 is 17.8 Å². The maximum atomic E-state index is 12.7. The predicted molar refractivity (Wildman–Crippen MR) is 110 cm³/mol. The Bertz CT molecular complexity index is 560. The number of amides is 2. The minimum atomic E-state index is -0.294. The lowest BCUT2D eigenvalue weighted by molar-refractivity contribution is -0.146. The largest absolute Gasteiger partial charge is 0.466 e. The Morgan fingerprint density at radius 3 is 2.07 bits per heavy atom. The van der Waals surface area contributed by atoms with Crippen LogP contribution in [0.15, 0.2) is 0 Å². The van der Waals surface area contributed by atoms with E-state index in [9.17, 15) is 14.4 Å². The molecule has 7 nitrogen and oxygen atoms in total. The summed E-state index contributed by atoms with van der Waals surface area (Å²) in [6.45, 7) is 7.54. The zero-order valence-electron chi connectivity index (χ0n) is 17.9. The van der Waals surface area contributed by atoms with Gasteiger partial charge in [0.2, 0.25) is 11.8 Å². The van der Waals surface area contributed by atoms with Crippen molar-refractivity contribution in [2.75, 3.05) is 45.9 Å². The van der Waals surface area contributed by atoms with Crippen molar-refractivity contribution in [2.45, 2.75) is 70.8 Å². The van der Waals surface area contributed by atoms with Crippen molar-refractivity contribution in [1.82, 2.24) is 14.7 Å². The average molecular weight is 408 g/mol. The van der Waals surface area contributed by atoms with Gasteiger partial charge >= 0.3 is 5.97 Å². The molecule has 0 aromatic carbocycles. The van der Waals surface area contributed by atoms with Gasteiger partial charge in [0.15, 0.2) is 0 Å². The van der Waals surface area contributed by atoms with Crippen molar-refractivity contribution in [1.29, 1.82) is 0 Å². The number of carbonyl (C=O) groups is 3. The minimum absolute atomic E-state index is 0.0577. The van der Waals surface area contributed by atoms with Gasteiger partial charge in [0.05, 0.1) is 13.0 Å². The first-order chi connectivity index (χ1) is 14.1. The van der Waals surface area contributed by atoms with Crippen LogP contribution in [0.1, 0.15) is 64.7 Å². The van der Waals surface area contributed by atoms with E-state index in [0.717, 1.165) is 77.8 Å². The molecule has 0 spiro atoms. The van der Waals surface area contributed by atoms with Crippen LogP contribution in [-0.2, 0) is 19.1 Å². The lowest BCUT2D eigenvalue weighted by atomic mass is 9.91. The second-order valence-electron chi connectivity index (χ2n) is 8.61. The number of hydrogen-bond acceptors (Lipinski definition) is 5. The normalized spacial score (nSPS) is 22.5. The number of hydrogen-bond donors (Lipinski definition) is 0. The molecular weight excluding hydrogens is 370 g/mol. The van der Waals surface area contributed by atoms with Gasteiger partial charge in [-0.15, -0.1) is 0 Å². The number of carbonyl (C=O) groups excluding carboxylic acids is 3. The van der Waals surface area contributed by atoms with Crippen molar-refractivity contribution in [3.63, 3.8) is 0 Å². The molecule has 0 aliphatic carbocycles. The molecular formula is C22H37N3O4. The SMILES string of the molecule is CCOC(=O)CCC(=O)N1CCC(N2CCC(C(=O)N3CCCCC3)CC2)CC1. The van der Waals surface area contributed by atoms with E-state index in [-0.39, 0.29) is 30.6 Å². The summed E-state index contributed by atoms with van der Waals surface area (Å²) < 4.78 is 4.90. The molecule has 3 fully saturated rings. The predicted octanol–water partition coefficient (Wildman–Crippen LogP) is 2.05. The first kappa shape index (κ1) is 22.1. The second kappa shape index (κ2) is 11.0. The number of rotatable bonds is 6. The van der Waals surface area contributed by atoms with Gasteiger partial charge < -0.3 is 19.4 Å². The third-order valence-corrected chi connectivity index (χ3v) is 6.73. The number of piperidine rings is 3. The quantitative estimate of drug-likeness (QED) is 0.630. The molecule has 0 unspecified atom stereocenters. The van der Waals surface area contributed by atoms with E-state index in [0.29, 0.717) is 18.6 Å². The minimum Gasteiger partial charge on any atom is -0.466 e. The summed E-state index contributed by atoms with van der Waals surface area (Å²) in [6, 6.07) is 0.509. The van der Waals surface area contributed by atoms with Crippen LogP contribution < -0.4 is 0 Å². The number of ether oxygens (including phenoxy) is 1. The van der Waals surface area contributed by atoms with Crippen LogP contribution in [-0.4, -0.2) is 84.4 Å². The maximum Gasteiger partial charge on any atom is 0.306 e. The van der Waals surface area contributed by atoms with Gasteiger partial charge in [0.25, 0.3) is 0 Å². The highest BCUT2D eigenvalue weighted by molar-refractivity contribution is 5.81. The monoisotopic (exact) mass is 407 g/mol. The van der Waals surface area contributed by atoms with Crippen LogP contribution in [0.3, 0.4) is 0 Å². The Morgan fingerprint density at radius 1 is 0.793 bits per heavy atom. The van der Waals surface area contributed by atoms with E-state index in [1.54, 1.807) is 6.92 Å². The average Bonchev–Trinajstić information content (AvgIpc) is 2.78. The number of likely N-dealkylation sites (tertiary alicyclic amines) is 3. The molecule has 0 radical (unpaired) electrons. The summed E-state index contributed by atoms with van der Waals surface area (Å²) in [7, 11) is 0. The number of nitrogens with zero attached hydrogens (tertiary/aromatic N) is 3. The molecule has 0 saturated carbocycles. The highest BCUT2D eigenvalue weighted by Crippen LogP contribution is 2.26. The van der Waals surface area contributed by atoms with Crippen LogP contribution in [0.25, 0.3) is 0 Å². The molecule has 164 valence electrons. The molecule has 29 heavy (non-hydrogen) atoms. The van der Waals surface area contributed by atoms with E-state index >= 15 is 0 Å².